The maximum absolute atomic E-state index is 13.1. The number of hydrogen-bond acceptors (Lipinski definition) is 5. The maximum atomic E-state index is 13.1. The summed E-state index contributed by atoms with van der Waals surface area (Å²) in [5, 5.41) is 3.19. The molecule has 1 N–H and O–H groups in total. The molecule has 32 heavy (non-hydrogen) atoms. The first-order valence-electron chi connectivity index (χ1n) is 10.7. The largest absolute Gasteiger partial charge is 0.497 e. The number of nitrogens with one attached hydrogen (secondary N) is 1. The van der Waals surface area contributed by atoms with Crippen molar-refractivity contribution in [2.24, 2.45) is 5.92 Å². The van der Waals surface area contributed by atoms with Gasteiger partial charge in [-0.25, -0.2) is 8.42 Å². The Morgan fingerprint density at radius 2 is 1.97 bits per heavy atom. The van der Waals surface area contributed by atoms with Gasteiger partial charge in [0.05, 0.1) is 29.6 Å². The molecule has 7 nitrogen and oxygen atoms in total. The first-order chi connectivity index (χ1) is 15.3. The van der Waals surface area contributed by atoms with Crippen LogP contribution in [0.4, 0.5) is 0 Å². The van der Waals surface area contributed by atoms with E-state index < -0.39 is 10.0 Å². The standard InChI is InChI=1S/C23H29ClN2O5S/c1-3-31-22-11-10-20(15-21(22)24)32(28,29)26-14-4-5-18(16-26)23(27)25-13-12-17-6-8-19(30-2)9-7-17/h6-11,15,18H,3-5,12-14,16H2,1-2H3,(H,25,27). The van der Waals surface area contributed by atoms with Crippen molar-refractivity contribution in [1.29, 1.82) is 0 Å². The van der Waals surface area contributed by atoms with E-state index in [9.17, 15) is 13.2 Å². The topological polar surface area (TPSA) is 84.9 Å². The van der Waals surface area contributed by atoms with Gasteiger partial charge in [-0.1, -0.05) is 23.7 Å². The molecule has 0 bridgehead atoms. The van der Waals surface area contributed by atoms with Crippen LogP contribution < -0.4 is 14.8 Å². The minimum atomic E-state index is -3.75. The third-order valence-corrected chi connectivity index (χ3v) is 7.62. The number of halogens is 1. The molecule has 1 amide bonds. The minimum absolute atomic E-state index is 0.103. The second-order valence-corrected chi connectivity index (χ2v) is 9.96. The van der Waals surface area contributed by atoms with Gasteiger partial charge in [-0.05, 0) is 62.1 Å². The minimum Gasteiger partial charge on any atom is -0.497 e. The lowest BCUT2D eigenvalue weighted by Gasteiger charge is -2.31. The van der Waals surface area contributed by atoms with Gasteiger partial charge in [0.15, 0.2) is 0 Å². The molecule has 0 spiro atoms. The van der Waals surface area contributed by atoms with E-state index in [1.54, 1.807) is 13.2 Å². The summed E-state index contributed by atoms with van der Waals surface area (Å²) < 4.78 is 38.1. The average Bonchev–Trinajstić information content (AvgIpc) is 2.81. The average molecular weight is 481 g/mol. The number of carbonyl (C=O) groups is 1. The lowest BCUT2D eigenvalue weighted by atomic mass is 9.99. The fourth-order valence-corrected chi connectivity index (χ4v) is 5.56. The summed E-state index contributed by atoms with van der Waals surface area (Å²) >= 11 is 6.18. The molecule has 1 saturated heterocycles. The maximum Gasteiger partial charge on any atom is 0.243 e. The molecular weight excluding hydrogens is 452 g/mol. The van der Waals surface area contributed by atoms with Gasteiger partial charge in [-0.2, -0.15) is 4.31 Å². The van der Waals surface area contributed by atoms with Crippen molar-refractivity contribution in [3.05, 3.63) is 53.1 Å². The van der Waals surface area contributed by atoms with Crippen molar-refractivity contribution in [2.75, 3.05) is 33.4 Å². The summed E-state index contributed by atoms with van der Waals surface area (Å²) in [6, 6.07) is 12.1. The van der Waals surface area contributed by atoms with Crippen molar-refractivity contribution in [2.45, 2.75) is 31.1 Å². The highest BCUT2D eigenvalue weighted by Crippen LogP contribution is 2.30. The summed E-state index contributed by atoms with van der Waals surface area (Å²) in [4.78, 5) is 12.8. The third kappa shape index (κ3) is 5.94. The van der Waals surface area contributed by atoms with Crippen LogP contribution in [0.2, 0.25) is 5.02 Å². The lowest BCUT2D eigenvalue weighted by molar-refractivity contribution is -0.126. The molecule has 0 aromatic heterocycles. The molecule has 3 rings (SSSR count). The van der Waals surface area contributed by atoms with Gasteiger partial charge >= 0.3 is 0 Å². The molecule has 1 heterocycles. The molecular formula is C23H29ClN2O5S. The number of hydrogen-bond donors (Lipinski definition) is 1. The molecule has 1 fully saturated rings. The Balaban J connectivity index is 1.58. The molecule has 0 saturated carbocycles. The Morgan fingerprint density at radius 1 is 1.22 bits per heavy atom. The number of benzene rings is 2. The molecule has 0 radical (unpaired) electrons. The predicted octanol–water partition coefficient (Wildman–Crippen LogP) is 3.51. The Hall–Kier alpha value is -2.29. The number of amides is 1. The van der Waals surface area contributed by atoms with Gasteiger partial charge in [0.1, 0.15) is 11.5 Å². The van der Waals surface area contributed by atoms with Crippen LogP contribution >= 0.6 is 11.6 Å². The SMILES string of the molecule is CCOc1ccc(S(=O)(=O)N2CCCC(C(=O)NCCc3ccc(OC)cc3)C2)cc1Cl. The molecule has 1 unspecified atom stereocenters. The van der Waals surface area contributed by atoms with Crippen LogP contribution in [0.5, 0.6) is 11.5 Å². The molecule has 9 heteroatoms. The highest BCUT2D eigenvalue weighted by atomic mass is 35.5. The Bertz CT molecular complexity index is 1030. The second-order valence-electron chi connectivity index (χ2n) is 7.62. The highest BCUT2D eigenvalue weighted by Gasteiger charge is 2.33. The molecule has 1 aliphatic heterocycles. The van der Waals surface area contributed by atoms with Crippen molar-refractivity contribution >= 4 is 27.5 Å². The van der Waals surface area contributed by atoms with Crippen LogP contribution in [0.3, 0.4) is 0 Å². The van der Waals surface area contributed by atoms with Crippen LogP contribution in [-0.2, 0) is 21.2 Å². The monoisotopic (exact) mass is 480 g/mol. The number of piperidine rings is 1. The normalized spacial score (nSPS) is 17.0. The molecule has 174 valence electrons. The third-order valence-electron chi connectivity index (χ3n) is 5.47. The van der Waals surface area contributed by atoms with E-state index in [1.165, 1.54) is 16.4 Å². The predicted molar refractivity (Wildman–Crippen MR) is 124 cm³/mol. The van der Waals surface area contributed by atoms with Crippen LogP contribution in [0.1, 0.15) is 25.3 Å². The Kier molecular flexibility index (Phi) is 8.39. The van der Waals surface area contributed by atoms with Gasteiger partial charge in [-0.15, -0.1) is 0 Å². The summed E-state index contributed by atoms with van der Waals surface area (Å²) in [5.74, 6) is 0.728. The van der Waals surface area contributed by atoms with Crippen molar-refractivity contribution in [3.8, 4) is 11.5 Å². The summed E-state index contributed by atoms with van der Waals surface area (Å²) in [6.07, 6.45) is 1.97. The lowest BCUT2D eigenvalue weighted by Crippen LogP contribution is -2.45. The van der Waals surface area contributed by atoms with Crippen molar-refractivity contribution in [3.63, 3.8) is 0 Å². The molecule has 2 aromatic carbocycles. The summed E-state index contributed by atoms with van der Waals surface area (Å²) in [6.45, 7) is 3.29. The Morgan fingerprint density at radius 3 is 2.62 bits per heavy atom. The van der Waals surface area contributed by atoms with Gasteiger partial charge in [-0.3, -0.25) is 4.79 Å². The van der Waals surface area contributed by atoms with Gasteiger partial charge in [0.2, 0.25) is 15.9 Å². The fourth-order valence-electron chi connectivity index (χ4n) is 3.70. The van der Waals surface area contributed by atoms with Crippen LogP contribution in [0, 0.1) is 5.92 Å². The van der Waals surface area contributed by atoms with E-state index in [4.69, 9.17) is 21.1 Å². The fraction of sp³-hybridized carbons (Fsp3) is 0.435. The summed E-state index contributed by atoms with van der Waals surface area (Å²) in [5.41, 5.74) is 1.09. The zero-order valence-corrected chi connectivity index (χ0v) is 19.9. The van der Waals surface area contributed by atoms with Gasteiger partial charge in [0, 0.05) is 19.6 Å². The molecule has 2 aromatic rings. The van der Waals surface area contributed by atoms with E-state index in [-0.39, 0.29) is 28.3 Å². The zero-order chi connectivity index (χ0) is 23.1. The number of sulfonamides is 1. The quantitative estimate of drug-likeness (QED) is 0.593. The second kappa shape index (κ2) is 11.0. The smallest absolute Gasteiger partial charge is 0.243 e. The number of ether oxygens (including phenoxy) is 2. The van der Waals surface area contributed by atoms with Gasteiger partial charge < -0.3 is 14.8 Å². The molecule has 1 aliphatic rings. The van der Waals surface area contributed by atoms with Crippen LogP contribution in [-0.4, -0.2) is 52.0 Å². The van der Waals surface area contributed by atoms with E-state index >= 15 is 0 Å². The first kappa shape index (κ1) is 24.4. The van der Waals surface area contributed by atoms with Gasteiger partial charge in [0.25, 0.3) is 0 Å². The number of rotatable bonds is 9. The van der Waals surface area contributed by atoms with E-state index in [0.29, 0.717) is 44.7 Å². The Labute approximate surface area is 194 Å². The van der Waals surface area contributed by atoms with E-state index in [1.807, 2.05) is 31.2 Å². The number of nitrogens with zero attached hydrogens (tertiary/aromatic N) is 1. The highest BCUT2D eigenvalue weighted by molar-refractivity contribution is 7.89. The van der Waals surface area contributed by atoms with E-state index in [2.05, 4.69) is 5.32 Å². The summed E-state index contributed by atoms with van der Waals surface area (Å²) in [7, 11) is -2.13. The first-order valence-corrected chi connectivity index (χ1v) is 12.5. The van der Waals surface area contributed by atoms with Crippen LogP contribution in [0.15, 0.2) is 47.4 Å². The van der Waals surface area contributed by atoms with Crippen LogP contribution in [0.25, 0.3) is 0 Å². The number of methoxy groups -OCH3 is 1. The van der Waals surface area contributed by atoms with Crippen molar-refractivity contribution in [1.82, 2.24) is 9.62 Å². The zero-order valence-electron chi connectivity index (χ0n) is 18.3. The number of carbonyl (C=O) groups excluding carboxylic acids is 1. The molecule has 0 aliphatic carbocycles. The molecule has 1 atom stereocenters. The van der Waals surface area contributed by atoms with Crippen molar-refractivity contribution < 1.29 is 22.7 Å². The van der Waals surface area contributed by atoms with E-state index in [0.717, 1.165) is 11.3 Å².